The topological polar surface area (TPSA) is 89.2 Å². The lowest BCUT2D eigenvalue weighted by atomic mass is 10.2. The Kier molecular flexibility index (Phi) is 3.23. The van der Waals surface area contributed by atoms with Gasteiger partial charge in [-0.05, 0) is 12.8 Å². The van der Waals surface area contributed by atoms with Gasteiger partial charge in [0.25, 0.3) is 5.91 Å². The minimum absolute atomic E-state index is 0.169. The third-order valence-electron chi connectivity index (χ3n) is 2.68. The molecule has 17 heavy (non-hydrogen) atoms. The van der Waals surface area contributed by atoms with Crippen LogP contribution < -0.4 is 5.73 Å². The zero-order valence-electron chi connectivity index (χ0n) is 8.97. The molecule has 1 saturated heterocycles. The second kappa shape index (κ2) is 4.67. The van der Waals surface area contributed by atoms with Crippen LogP contribution in [-0.4, -0.2) is 39.3 Å². The van der Waals surface area contributed by atoms with Crippen molar-refractivity contribution in [2.75, 3.05) is 6.54 Å². The first kappa shape index (κ1) is 11.8. The number of likely N-dealkylation sites (tertiary alicyclic amines) is 1. The van der Waals surface area contributed by atoms with E-state index >= 15 is 0 Å². The molecule has 0 bridgehead atoms. The highest BCUT2D eigenvalue weighted by Gasteiger charge is 2.33. The first-order valence-corrected chi connectivity index (χ1v) is 5.55. The van der Waals surface area contributed by atoms with Crippen molar-refractivity contribution < 1.29 is 9.59 Å². The summed E-state index contributed by atoms with van der Waals surface area (Å²) in [6, 6.07) is -0.542. The summed E-state index contributed by atoms with van der Waals surface area (Å²) in [4.78, 5) is 32.3. The molecule has 6 nitrogen and oxygen atoms in total. The highest BCUT2D eigenvalue weighted by molar-refractivity contribution is 6.29. The van der Waals surface area contributed by atoms with E-state index in [4.69, 9.17) is 17.3 Å². The van der Waals surface area contributed by atoms with Crippen LogP contribution in [0.25, 0.3) is 0 Å². The molecule has 1 atom stereocenters. The van der Waals surface area contributed by atoms with Crippen LogP contribution in [0.15, 0.2) is 12.4 Å². The number of hydrogen-bond donors (Lipinski definition) is 1. The summed E-state index contributed by atoms with van der Waals surface area (Å²) in [5, 5.41) is 0.217. The zero-order chi connectivity index (χ0) is 12.4. The highest BCUT2D eigenvalue weighted by Crippen LogP contribution is 2.19. The maximum atomic E-state index is 12.0. The maximum Gasteiger partial charge on any atom is 0.274 e. The van der Waals surface area contributed by atoms with E-state index in [-0.39, 0.29) is 16.8 Å². The molecule has 1 aliphatic heterocycles. The molecule has 0 spiro atoms. The molecule has 2 N–H and O–H groups in total. The Morgan fingerprint density at radius 1 is 1.41 bits per heavy atom. The molecule has 0 aromatic carbocycles. The summed E-state index contributed by atoms with van der Waals surface area (Å²) >= 11 is 5.58. The van der Waals surface area contributed by atoms with Gasteiger partial charge in [-0.2, -0.15) is 0 Å². The van der Waals surface area contributed by atoms with Gasteiger partial charge in [0, 0.05) is 6.54 Å². The number of aromatic nitrogens is 2. The summed E-state index contributed by atoms with van der Waals surface area (Å²) < 4.78 is 0. The quantitative estimate of drug-likeness (QED) is 0.818. The lowest BCUT2D eigenvalue weighted by Crippen LogP contribution is -2.43. The molecule has 2 rings (SSSR count). The van der Waals surface area contributed by atoms with Gasteiger partial charge in [0.2, 0.25) is 5.91 Å². The Hall–Kier alpha value is -1.69. The van der Waals surface area contributed by atoms with E-state index in [1.54, 1.807) is 0 Å². The molecule has 90 valence electrons. The van der Waals surface area contributed by atoms with Crippen LogP contribution in [0.5, 0.6) is 0 Å². The molecule has 0 saturated carbocycles. The maximum absolute atomic E-state index is 12.0. The van der Waals surface area contributed by atoms with Crippen LogP contribution in [0.1, 0.15) is 23.3 Å². The van der Waals surface area contributed by atoms with E-state index in [0.29, 0.717) is 13.0 Å². The molecular weight excluding hydrogens is 244 g/mol. The zero-order valence-corrected chi connectivity index (χ0v) is 9.72. The number of halogens is 1. The van der Waals surface area contributed by atoms with Crippen LogP contribution in [0.3, 0.4) is 0 Å². The second-order valence-corrected chi connectivity index (χ2v) is 4.17. The molecule has 1 fully saturated rings. The lowest BCUT2D eigenvalue weighted by molar-refractivity contribution is -0.121. The van der Waals surface area contributed by atoms with Gasteiger partial charge in [-0.1, -0.05) is 11.6 Å². The summed E-state index contributed by atoms with van der Waals surface area (Å²) in [7, 11) is 0. The van der Waals surface area contributed by atoms with E-state index in [1.165, 1.54) is 17.3 Å². The average molecular weight is 255 g/mol. The van der Waals surface area contributed by atoms with Crippen LogP contribution in [0, 0.1) is 0 Å². The lowest BCUT2D eigenvalue weighted by Gasteiger charge is -2.21. The second-order valence-electron chi connectivity index (χ2n) is 3.78. The molecule has 0 aliphatic carbocycles. The van der Waals surface area contributed by atoms with Crippen LogP contribution in [0.2, 0.25) is 5.15 Å². The predicted octanol–water partition coefficient (Wildman–Crippen LogP) is 0.220. The van der Waals surface area contributed by atoms with Gasteiger partial charge in [-0.25, -0.2) is 9.97 Å². The van der Waals surface area contributed by atoms with Crippen molar-refractivity contribution in [1.29, 1.82) is 0 Å². The largest absolute Gasteiger partial charge is 0.368 e. The Labute approximate surface area is 103 Å². The number of carbonyl (C=O) groups excluding carboxylic acids is 2. The van der Waals surface area contributed by atoms with Gasteiger partial charge in [0.05, 0.1) is 12.4 Å². The van der Waals surface area contributed by atoms with Gasteiger partial charge in [0.1, 0.15) is 16.9 Å². The SMILES string of the molecule is NC(=O)C1CCCN1C(=O)c1cnc(Cl)cn1. The Morgan fingerprint density at radius 2 is 2.18 bits per heavy atom. The third-order valence-corrected chi connectivity index (χ3v) is 2.88. The molecule has 1 unspecified atom stereocenters. The van der Waals surface area contributed by atoms with Crippen molar-refractivity contribution in [1.82, 2.24) is 14.9 Å². The normalized spacial score (nSPS) is 19.4. The van der Waals surface area contributed by atoms with Gasteiger partial charge >= 0.3 is 0 Å². The summed E-state index contributed by atoms with van der Waals surface area (Å²) in [6.45, 7) is 0.511. The molecule has 2 amide bonds. The van der Waals surface area contributed by atoms with Crippen molar-refractivity contribution in [2.24, 2.45) is 5.73 Å². The van der Waals surface area contributed by atoms with E-state index in [9.17, 15) is 9.59 Å². The van der Waals surface area contributed by atoms with Gasteiger partial charge in [-0.15, -0.1) is 0 Å². The Morgan fingerprint density at radius 3 is 2.76 bits per heavy atom. The predicted molar refractivity (Wildman–Crippen MR) is 60.3 cm³/mol. The van der Waals surface area contributed by atoms with E-state index in [2.05, 4.69) is 9.97 Å². The van der Waals surface area contributed by atoms with Gasteiger partial charge in [-0.3, -0.25) is 9.59 Å². The highest BCUT2D eigenvalue weighted by atomic mass is 35.5. The fraction of sp³-hybridized carbons (Fsp3) is 0.400. The first-order chi connectivity index (χ1) is 8.09. The first-order valence-electron chi connectivity index (χ1n) is 5.17. The van der Waals surface area contributed by atoms with Crippen LogP contribution in [0.4, 0.5) is 0 Å². The van der Waals surface area contributed by atoms with Crippen LogP contribution in [-0.2, 0) is 4.79 Å². The van der Waals surface area contributed by atoms with Crippen LogP contribution >= 0.6 is 11.6 Å². The molecule has 1 aromatic rings. The van der Waals surface area contributed by atoms with Crippen molar-refractivity contribution in [3.8, 4) is 0 Å². The number of amides is 2. The van der Waals surface area contributed by atoms with E-state index in [0.717, 1.165) is 6.42 Å². The number of primary amides is 1. The number of nitrogens with two attached hydrogens (primary N) is 1. The third kappa shape index (κ3) is 2.36. The van der Waals surface area contributed by atoms with Crippen molar-refractivity contribution in [2.45, 2.75) is 18.9 Å². The minimum atomic E-state index is -0.542. The fourth-order valence-corrected chi connectivity index (χ4v) is 1.97. The smallest absolute Gasteiger partial charge is 0.274 e. The number of carbonyl (C=O) groups is 2. The van der Waals surface area contributed by atoms with Gasteiger partial charge < -0.3 is 10.6 Å². The molecular formula is C10H11ClN4O2. The van der Waals surface area contributed by atoms with Gasteiger partial charge in [0.15, 0.2) is 0 Å². The molecule has 7 heteroatoms. The fourth-order valence-electron chi connectivity index (χ4n) is 1.88. The standard InChI is InChI=1S/C10H11ClN4O2/c11-8-5-13-6(4-14-8)10(17)15-3-1-2-7(15)9(12)16/h4-5,7H,1-3H2,(H2,12,16). The summed E-state index contributed by atoms with van der Waals surface area (Å²) in [5.74, 6) is -0.826. The minimum Gasteiger partial charge on any atom is -0.368 e. The van der Waals surface area contributed by atoms with E-state index < -0.39 is 11.9 Å². The number of rotatable bonds is 2. The summed E-state index contributed by atoms with van der Waals surface area (Å²) in [5.41, 5.74) is 5.41. The van der Waals surface area contributed by atoms with Crippen molar-refractivity contribution >= 4 is 23.4 Å². The van der Waals surface area contributed by atoms with E-state index in [1.807, 2.05) is 0 Å². The molecule has 0 radical (unpaired) electrons. The summed E-state index contributed by atoms with van der Waals surface area (Å²) in [6.07, 6.45) is 3.95. The number of nitrogens with zero attached hydrogens (tertiary/aromatic N) is 3. The molecule has 1 aliphatic rings. The molecule has 2 heterocycles. The van der Waals surface area contributed by atoms with Crippen molar-refractivity contribution in [3.05, 3.63) is 23.2 Å². The molecule has 1 aromatic heterocycles. The average Bonchev–Trinajstić information content (AvgIpc) is 2.78. The van der Waals surface area contributed by atoms with Crippen molar-refractivity contribution in [3.63, 3.8) is 0 Å². The Bertz CT molecular complexity index is 448. The number of hydrogen-bond acceptors (Lipinski definition) is 4. The Balaban J connectivity index is 2.19. The monoisotopic (exact) mass is 254 g/mol.